The monoisotopic (exact) mass is 602 g/mol. The maximum Gasteiger partial charge on any atom is 0.164 e. The lowest BCUT2D eigenvalue weighted by molar-refractivity contribution is 0.167. The Kier molecular flexibility index (Phi) is 17.3. The molecule has 1 aliphatic rings. The van der Waals surface area contributed by atoms with Crippen molar-refractivity contribution in [2.24, 2.45) is 0 Å². The molecule has 1 N–H and O–H groups in total. The van der Waals surface area contributed by atoms with Crippen LogP contribution in [0.25, 0.3) is 0 Å². The zero-order valence-corrected chi connectivity index (χ0v) is 26.8. The molecule has 2 unspecified atom stereocenters. The predicted octanol–water partition coefficient (Wildman–Crippen LogP) is 7.73. The standard InChI is InChI=1S/C31H47ClN2O3.2ClH/c1-6-18-34(26-20-23(2)30-25(22-26)12-14-29(36-4)31(30)37-5)19-10-8-7-9-16-33-17-15-24-11-13-28(35-3)27(32)21-24;;/h11-14,21,23,26,33H,6-10,15-20,22H2,1-5H3;2*1H. The highest BCUT2D eigenvalue weighted by Gasteiger charge is 2.31. The number of unbranched alkanes of at least 4 members (excludes halogenated alkanes) is 3. The van der Waals surface area contributed by atoms with E-state index in [1.54, 1.807) is 21.3 Å². The van der Waals surface area contributed by atoms with Crippen LogP contribution in [0.15, 0.2) is 30.3 Å². The second kappa shape index (κ2) is 18.9. The molecule has 5 nitrogen and oxygen atoms in total. The maximum absolute atomic E-state index is 6.23. The molecule has 0 aromatic heterocycles. The van der Waals surface area contributed by atoms with E-state index in [0.29, 0.717) is 17.0 Å². The molecule has 8 heteroatoms. The molecule has 0 heterocycles. The summed E-state index contributed by atoms with van der Waals surface area (Å²) in [4.78, 5) is 2.74. The van der Waals surface area contributed by atoms with E-state index >= 15 is 0 Å². The summed E-state index contributed by atoms with van der Waals surface area (Å²) < 4.78 is 16.5. The first-order valence-electron chi connectivity index (χ1n) is 14.0. The van der Waals surface area contributed by atoms with Crippen LogP contribution in [0.4, 0.5) is 0 Å². The Morgan fingerprint density at radius 1 is 0.897 bits per heavy atom. The van der Waals surface area contributed by atoms with Gasteiger partial charge in [-0.05, 0) is 99.9 Å². The van der Waals surface area contributed by atoms with Gasteiger partial charge in [0.1, 0.15) is 5.75 Å². The molecule has 2 aromatic rings. The smallest absolute Gasteiger partial charge is 0.164 e. The van der Waals surface area contributed by atoms with E-state index in [9.17, 15) is 0 Å². The van der Waals surface area contributed by atoms with Crippen molar-refractivity contribution in [2.75, 3.05) is 47.5 Å². The fourth-order valence-corrected chi connectivity index (χ4v) is 6.04. The third kappa shape index (κ3) is 10.2. The van der Waals surface area contributed by atoms with Crippen molar-refractivity contribution >= 4 is 36.4 Å². The number of nitrogens with zero attached hydrogens (tertiary/aromatic N) is 1. The molecule has 0 spiro atoms. The molecule has 3 rings (SSSR count). The summed E-state index contributed by atoms with van der Waals surface area (Å²) in [5, 5.41) is 4.27. The van der Waals surface area contributed by atoms with Gasteiger partial charge in [0.05, 0.1) is 26.4 Å². The molecular formula is C31H49Cl3N2O3. The highest BCUT2D eigenvalue weighted by Crippen LogP contribution is 2.44. The number of nitrogens with one attached hydrogen (secondary N) is 1. The van der Waals surface area contributed by atoms with Crippen molar-refractivity contribution in [2.45, 2.75) is 77.2 Å². The first kappa shape index (κ1) is 35.7. The van der Waals surface area contributed by atoms with E-state index in [1.165, 1.54) is 68.3 Å². The molecule has 0 fully saturated rings. The van der Waals surface area contributed by atoms with Crippen molar-refractivity contribution in [3.63, 3.8) is 0 Å². The van der Waals surface area contributed by atoms with E-state index in [-0.39, 0.29) is 24.8 Å². The third-order valence-corrected chi connectivity index (χ3v) is 7.93. The molecule has 2 atom stereocenters. The first-order valence-corrected chi connectivity index (χ1v) is 14.4. The van der Waals surface area contributed by atoms with Gasteiger partial charge in [-0.2, -0.15) is 0 Å². The minimum absolute atomic E-state index is 0. The minimum Gasteiger partial charge on any atom is -0.495 e. The Hall–Kier alpha value is -1.37. The maximum atomic E-state index is 6.23. The molecule has 0 saturated heterocycles. The third-order valence-electron chi connectivity index (χ3n) is 7.63. The number of hydrogen-bond donors (Lipinski definition) is 1. The van der Waals surface area contributed by atoms with Crippen LogP contribution >= 0.6 is 36.4 Å². The van der Waals surface area contributed by atoms with E-state index in [1.807, 2.05) is 12.1 Å². The van der Waals surface area contributed by atoms with Gasteiger partial charge in [0.15, 0.2) is 11.5 Å². The summed E-state index contributed by atoms with van der Waals surface area (Å²) in [7, 11) is 5.13. The molecule has 0 amide bonds. The number of halogens is 3. The lowest BCUT2D eigenvalue weighted by Gasteiger charge is -2.38. The zero-order chi connectivity index (χ0) is 26.6. The van der Waals surface area contributed by atoms with Crippen LogP contribution in [-0.4, -0.2) is 58.5 Å². The summed E-state index contributed by atoms with van der Waals surface area (Å²) in [6, 6.07) is 11.0. The summed E-state index contributed by atoms with van der Waals surface area (Å²) in [5.41, 5.74) is 4.01. The summed E-state index contributed by atoms with van der Waals surface area (Å²) in [5.74, 6) is 2.98. The second-order valence-electron chi connectivity index (χ2n) is 10.3. The van der Waals surface area contributed by atoms with Gasteiger partial charge in [-0.3, -0.25) is 0 Å². The number of methoxy groups -OCH3 is 3. The van der Waals surface area contributed by atoms with Crippen LogP contribution in [0.3, 0.4) is 0 Å². The molecule has 39 heavy (non-hydrogen) atoms. The number of ether oxygens (including phenoxy) is 3. The fourth-order valence-electron chi connectivity index (χ4n) is 5.76. The van der Waals surface area contributed by atoms with E-state index < -0.39 is 0 Å². The Bertz CT molecular complexity index is 976. The molecule has 0 saturated carbocycles. The highest BCUT2D eigenvalue weighted by atomic mass is 35.5. The van der Waals surface area contributed by atoms with Crippen LogP contribution in [0.2, 0.25) is 5.02 Å². The number of rotatable bonds is 16. The Balaban J connectivity index is 0.00000380. The molecule has 0 aliphatic heterocycles. The largest absolute Gasteiger partial charge is 0.495 e. The highest BCUT2D eigenvalue weighted by molar-refractivity contribution is 6.32. The Labute approximate surface area is 254 Å². The molecule has 0 radical (unpaired) electrons. The van der Waals surface area contributed by atoms with Crippen molar-refractivity contribution in [3.05, 3.63) is 52.0 Å². The molecule has 0 bridgehead atoms. The quantitative estimate of drug-likeness (QED) is 0.199. The lowest BCUT2D eigenvalue weighted by Crippen LogP contribution is -2.41. The van der Waals surface area contributed by atoms with E-state index in [4.69, 9.17) is 25.8 Å². The van der Waals surface area contributed by atoms with Gasteiger partial charge >= 0.3 is 0 Å². The Morgan fingerprint density at radius 3 is 2.28 bits per heavy atom. The molecular weight excluding hydrogens is 555 g/mol. The van der Waals surface area contributed by atoms with Crippen molar-refractivity contribution in [3.8, 4) is 17.2 Å². The Morgan fingerprint density at radius 2 is 1.62 bits per heavy atom. The van der Waals surface area contributed by atoms with Gasteiger partial charge < -0.3 is 24.4 Å². The summed E-state index contributed by atoms with van der Waals surface area (Å²) in [6.07, 6.45) is 9.54. The number of benzene rings is 2. The lowest BCUT2D eigenvalue weighted by atomic mass is 9.79. The molecule has 222 valence electrons. The second-order valence-corrected chi connectivity index (χ2v) is 10.7. The van der Waals surface area contributed by atoms with Crippen molar-refractivity contribution < 1.29 is 14.2 Å². The predicted molar refractivity (Wildman–Crippen MR) is 169 cm³/mol. The van der Waals surface area contributed by atoms with Crippen LogP contribution in [-0.2, 0) is 12.8 Å². The van der Waals surface area contributed by atoms with Gasteiger partial charge in [0.2, 0.25) is 0 Å². The fraction of sp³-hybridized carbons (Fsp3) is 0.613. The van der Waals surface area contributed by atoms with Crippen molar-refractivity contribution in [1.29, 1.82) is 0 Å². The zero-order valence-electron chi connectivity index (χ0n) is 24.4. The van der Waals surface area contributed by atoms with Crippen LogP contribution in [0, 0.1) is 0 Å². The SMILES string of the molecule is CCCN(CCCCCCNCCc1ccc(OC)c(Cl)c1)C1Cc2ccc(OC)c(OC)c2C(C)C1.Cl.Cl. The van der Waals surface area contributed by atoms with Gasteiger partial charge in [0.25, 0.3) is 0 Å². The van der Waals surface area contributed by atoms with Gasteiger partial charge in [0, 0.05) is 11.6 Å². The van der Waals surface area contributed by atoms with Gasteiger partial charge in [-0.15, -0.1) is 24.8 Å². The average molecular weight is 604 g/mol. The topological polar surface area (TPSA) is 43.0 Å². The van der Waals surface area contributed by atoms with Crippen LogP contribution in [0.5, 0.6) is 17.2 Å². The first-order chi connectivity index (χ1) is 18.0. The molecule has 2 aromatic carbocycles. The van der Waals surface area contributed by atoms with Gasteiger partial charge in [-0.1, -0.05) is 50.4 Å². The normalized spacial score (nSPS) is 16.2. The minimum atomic E-state index is 0. The van der Waals surface area contributed by atoms with Gasteiger partial charge in [-0.25, -0.2) is 0 Å². The van der Waals surface area contributed by atoms with Crippen LogP contribution < -0.4 is 19.5 Å². The summed E-state index contributed by atoms with van der Waals surface area (Å²) >= 11 is 6.23. The van der Waals surface area contributed by atoms with Crippen molar-refractivity contribution in [1.82, 2.24) is 10.2 Å². The summed E-state index contributed by atoms with van der Waals surface area (Å²) in [6.45, 7) is 9.06. The number of hydrogen-bond acceptors (Lipinski definition) is 5. The molecule has 1 aliphatic carbocycles. The average Bonchev–Trinajstić information content (AvgIpc) is 2.90. The van der Waals surface area contributed by atoms with E-state index in [0.717, 1.165) is 43.2 Å². The number of fused-ring (bicyclic) bond motifs is 1. The van der Waals surface area contributed by atoms with E-state index in [2.05, 4.69) is 42.3 Å². The van der Waals surface area contributed by atoms with Crippen LogP contribution in [0.1, 0.15) is 75.0 Å².